The number of aryl methyl sites for hydroxylation is 1. The molecule has 0 unspecified atom stereocenters. The van der Waals surface area contributed by atoms with Crippen molar-refractivity contribution in [2.45, 2.75) is 32.3 Å². The van der Waals surface area contributed by atoms with Crippen LogP contribution in [0.1, 0.15) is 25.5 Å². The Labute approximate surface area is 84.5 Å². The second-order valence-corrected chi connectivity index (χ2v) is 3.59. The third-order valence-corrected chi connectivity index (χ3v) is 2.38. The molecule has 0 bridgehead atoms. The Morgan fingerprint density at radius 1 is 1.57 bits per heavy atom. The number of ether oxygens (including phenoxy) is 1. The van der Waals surface area contributed by atoms with Crippen molar-refractivity contribution < 1.29 is 4.74 Å². The van der Waals surface area contributed by atoms with Crippen molar-refractivity contribution in [1.82, 2.24) is 4.98 Å². The zero-order chi connectivity index (χ0) is 9.97. The quantitative estimate of drug-likeness (QED) is 0.794. The van der Waals surface area contributed by atoms with Crippen LogP contribution in [0.15, 0.2) is 12.3 Å². The predicted octanol–water partition coefficient (Wildman–Crippen LogP) is 2.23. The van der Waals surface area contributed by atoms with Crippen molar-refractivity contribution in [1.29, 1.82) is 0 Å². The Hall–Kier alpha value is -1.25. The van der Waals surface area contributed by atoms with Crippen LogP contribution < -0.4 is 10.1 Å². The lowest BCUT2D eigenvalue weighted by Crippen LogP contribution is -2.01. The smallest absolute Gasteiger partial charge is 0.140 e. The van der Waals surface area contributed by atoms with Gasteiger partial charge in [-0.25, -0.2) is 0 Å². The fourth-order valence-corrected chi connectivity index (χ4v) is 1.41. The number of nitrogens with zero attached hydrogens (tertiary/aromatic N) is 1. The van der Waals surface area contributed by atoms with Crippen LogP contribution in [0.4, 0.5) is 5.69 Å². The molecule has 1 aromatic heterocycles. The number of pyridine rings is 1. The Bertz CT molecular complexity index is 321. The average molecular weight is 192 g/mol. The van der Waals surface area contributed by atoms with E-state index in [1.807, 2.05) is 19.3 Å². The first kappa shape index (κ1) is 9.31. The third-order valence-electron chi connectivity index (χ3n) is 2.38. The number of nitrogens with one attached hydrogen (secondary N) is 1. The predicted molar refractivity (Wildman–Crippen MR) is 56.8 cm³/mol. The zero-order valence-corrected chi connectivity index (χ0v) is 8.71. The maximum absolute atomic E-state index is 5.66. The molecule has 1 aromatic rings. The van der Waals surface area contributed by atoms with Crippen molar-refractivity contribution in [3.63, 3.8) is 0 Å². The molecule has 76 valence electrons. The van der Waals surface area contributed by atoms with Gasteiger partial charge in [0.1, 0.15) is 5.75 Å². The fraction of sp³-hybridized carbons (Fsp3) is 0.545. The standard InChI is InChI=1S/C11H16N2O/c1-3-10-11(12-2)6-9(7-13-10)14-8-4-5-8/h6-8,12H,3-5H2,1-2H3. The van der Waals surface area contributed by atoms with Gasteiger partial charge in [-0.2, -0.15) is 0 Å². The summed E-state index contributed by atoms with van der Waals surface area (Å²) < 4.78 is 5.66. The van der Waals surface area contributed by atoms with Crippen LogP contribution in [-0.2, 0) is 6.42 Å². The van der Waals surface area contributed by atoms with Crippen molar-refractivity contribution in [3.8, 4) is 5.75 Å². The molecule has 1 N–H and O–H groups in total. The second-order valence-electron chi connectivity index (χ2n) is 3.59. The number of aromatic nitrogens is 1. The topological polar surface area (TPSA) is 34.1 Å². The first-order valence-corrected chi connectivity index (χ1v) is 5.16. The highest BCUT2D eigenvalue weighted by atomic mass is 16.5. The molecular formula is C11H16N2O. The second kappa shape index (κ2) is 3.86. The molecule has 1 fully saturated rings. The van der Waals surface area contributed by atoms with E-state index in [0.29, 0.717) is 6.10 Å². The summed E-state index contributed by atoms with van der Waals surface area (Å²) in [5.74, 6) is 0.883. The third kappa shape index (κ3) is 1.97. The zero-order valence-electron chi connectivity index (χ0n) is 8.71. The monoisotopic (exact) mass is 192 g/mol. The summed E-state index contributed by atoms with van der Waals surface area (Å²) in [6.07, 6.45) is 5.57. The minimum Gasteiger partial charge on any atom is -0.489 e. The van der Waals surface area contributed by atoms with Gasteiger partial charge in [0.2, 0.25) is 0 Å². The van der Waals surface area contributed by atoms with Crippen LogP contribution in [0.2, 0.25) is 0 Å². The van der Waals surface area contributed by atoms with Crippen molar-refractivity contribution in [2.75, 3.05) is 12.4 Å². The van der Waals surface area contributed by atoms with Crippen LogP contribution in [0.5, 0.6) is 5.75 Å². The highest BCUT2D eigenvalue weighted by Crippen LogP contribution is 2.28. The first-order chi connectivity index (χ1) is 6.83. The molecule has 1 aliphatic carbocycles. The van der Waals surface area contributed by atoms with E-state index in [2.05, 4.69) is 17.2 Å². The summed E-state index contributed by atoms with van der Waals surface area (Å²) in [7, 11) is 1.91. The summed E-state index contributed by atoms with van der Waals surface area (Å²) >= 11 is 0. The van der Waals surface area contributed by atoms with E-state index >= 15 is 0 Å². The van der Waals surface area contributed by atoms with Gasteiger partial charge in [-0.15, -0.1) is 0 Å². The summed E-state index contributed by atoms with van der Waals surface area (Å²) in [4.78, 5) is 4.36. The molecule has 0 saturated heterocycles. The Morgan fingerprint density at radius 2 is 2.36 bits per heavy atom. The molecule has 14 heavy (non-hydrogen) atoms. The fourth-order valence-electron chi connectivity index (χ4n) is 1.41. The van der Waals surface area contributed by atoms with Gasteiger partial charge in [-0.3, -0.25) is 4.98 Å². The molecule has 1 heterocycles. The van der Waals surface area contributed by atoms with Gasteiger partial charge in [0.25, 0.3) is 0 Å². The van der Waals surface area contributed by atoms with Crippen LogP contribution >= 0.6 is 0 Å². The summed E-state index contributed by atoms with van der Waals surface area (Å²) in [6.45, 7) is 2.10. The maximum Gasteiger partial charge on any atom is 0.140 e. The molecule has 1 saturated carbocycles. The van der Waals surface area contributed by atoms with E-state index in [1.165, 1.54) is 12.8 Å². The maximum atomic E-state index is 5.66. The highest BCUT2D eigenvalue weighted by Gasteiger charge is 2.23. The SMILES string of the molecule is CCc1ncc(OC2CC2)cc1NC. The molecule has 2 rings (SSSR count). The molecule has 0 aromatic carbocycles. The van der Waals surface area contributed by atoms with E-state index in [4.69, 9.17) is 4.74 Å². The van der Waals surface area contributed by atoms with Gasteiger partial charge in [-0.05, 0) is 19.3 Å². The molecule has 3 heteroatoms. The van der Waals surface area contributed by atoms with Crippen LogP contribution in [0, 0.1) is 0 Å². The summed E-state index contributed by atoms with van der Waals surface area (Å²) in [6, 6.07) is 2.03. The molecule has 0 aliphatic heterocycles. The van der Waals surface area contributed by atoms with Crippen molar-refractivity contribution >= 4 is 5.69 Å². The van der Waals surface area contributed by atoms with Crippen molar-refractivity contribution in [2.24, 2.45) is 0 Å². The average Bonchev–Trinajstić information content (AvgIpc) is 3.01. The number of hydrogen-bond acceptors (Lipinski definition) is 3. The van der Waals surface area contributed by atoms with E-state index in [9.17, 15) is 0 Å². The van der Waals surface area contributed by atoms with Crippen LogP contribution in [-0.4, -0.2) is 18.1 Å². The molecular weight excluding hydrogens is 176 g/mol. The van der Waals surface area contributed by atoms with Gasteiger partial charge in [0, 0.05) is 13.1 Å². The lowest BCUT2D eigenvalue weighted by molar-refractivity contribution is 0.302. The molecule has 3 nitrogen and oxygen atoms in total. The largest absolute Gasteiger partial charge is 0.489 e. The van der Waals surface area contributed by atoms with Gasteiger partial charge < -0.3 is 10.1 Å². The first-order valence-electron chi connectivity index (χ1n) is 5.16. The van der Waals surface area contributed by atoms with Crippen LogP contribution in [0.3, 0.4) is 0 Å². The Kier molecular flexibility index (Phi) is 2.57. The normalized spacial score (nSPS) is 15.3. The van der Waals surface area contributed by atoms with Gasteiger partial charge in [0.05, 0.1) is 23.7 Å². The highest BCUT2D eigenvalue weighted by molar-refractivity contribution is 5.51. The summed E-state index contributed by atoms with van der Waals surface area (Å²) in [5, 5.41) is 3.14. The minimum atomic E-state index is 0.439. The number of rotatable bonds is 4. The minimum absolute atomic E-state index is 0.439. The number of anilines is 1. The van der Waals surface area contributed by atoms with Gasteiger partial charge >= 0.3 is 0 Å². The molecule has 0 atom stereocenters. The lowest BCUT2D eigenvalue weighted by atomic mass is 10.2. The lowest BCUT2D eigenvalue weighted by Gasteiger charge is -2.09. The van der Waals surface area contributed by atoms with E-state index in [1.54, 1.807) is 0 Å². The summed E-state index contributed by atoms with van der Waals surface area (Å²) in [5.41, 5.74) is 2.17. The Balaban J connectivity index is 2.16. The molecule has 1 aliphatic rings. The van der Waals surface area contributed by atoms with E-state index in [-0.39, 0.29) is 0 Å². The molecule has 0 spiro atoms. The molecule has 0 radical (unpaired) electrons. The van der Waals surface area contributed by atoms with Gasteiger partial charge in [-0.1, -0.05) is 6.92 Å². The van der Waals surface area contributed by atoms with Crippen LogP contribution in [0.25, 0.3) is 0 Å². The van der Waals surface area contributed by atoms with E-state index < -0.39 is 0 Å². The van der Waals surface area contributed by atoms with Crippen molar-refractivity contribution in [3.05, 3.63) is 18.0 Å². The molecule has 0 amide bonds. The van der Waals surface area contributed by atoms with E-state index in [0.717, 1.165) is 23.6 Å². The Morgan fingerprint density at radius 3 is 2.93 bits per heavy atom. The number of hydrogen-bond donors (Lipinski definition) is 1. The van der Waals surface area contributed by atoms with Gasteiger partial charge in [0.15, 0.2) is 0 Å².